The lowest BCUT2D eigenvalue weighted by Crippen LogP contribution is -2.36. The molecule has 1 N–H and O–H groups in total. The van der Waals surface area contributed by atoms with Gasteiger partial charge in [0.2, 0.25) is 5.91 Å². The topological polar surface area (TPSA) is 29.1 Å². The first-order valence-electron chi connectivity index (χ1n) is 5.39. The number of hydrogen-bond donors (Lipinski definition) is 1. The van der Waals surface area contributed by atoms with Gasteiger partial charge in [0.25, 0.3) is 0 Å². The van der Waals surface area contributed by atoms with Crippen molar-refractivity contribution in [2.75, 3.05) is 12.4 Å². The van der Waals surface area contributed by atoms with E-state index in [0.717, 1.165) is 32.2 Å². The van der Waals surface area contributed by atoms with Crippen LogP contribution in [0.2, 0.25) is 0 Å². The van der Waals surface area contributed by atoms with Gasteiger partial charge in [-0.1, -0.05) is 27.2 Å². The average molecular weight is 220 g/mol. The molecule has 84 valence electrons. The molecule has 0 rings (SSSR count). The van der Waals surface area contributed by atoms with E-state index in [4.69, 9.17) is 11.6 Å². The number of unbranched alkanes of at least 4 members (excludes halogenated alkanes) is 2. The van der Waals surface area contributed by atoms with Gasteiger partial charge < -0.3 is 5.32 Å². The fourth-order valence-electron chi connectivity index (χ4n) is 0.998. The van der Waals surface area contributed by atoms with E-state index in [2.05, 4.69) is 5.32 Å². The Kier molecular flexibility index (Phi) is 6.98. The Labute approximate surface area is 92.4 Å². The Morgan fingerprint density at radius 1 is 1.29 bits per heavy atom. The van der Waals surface area contributed by atoms with Crippen molar-refractivity contribution in [3.8, 4) is 0 Å². The molecule has 14 heavy (non-hydrogen) atoms. The molecule has 0 aromatic carbocycles. The van der Waals surface area contributed by atoms with Crippen LogP contribution in [0.15, 0.2) is 0 Å². The molecule has 0 aliphatic carbocycles. The molecule has 3 heteroatoms. The zero-order valence-corrected chi connectivity index (χ0v) is 10.3. The average Bonchev–Trinajstić information content (AvgIpc) is 2.17. The molecular formula is C11H22ClNO. The van der Waals surface area contributed by atoms with Crippen molar-refractivity contribution in [3.05, 3.63) is 0 Å². The van der Waals surface area contributed by atoms with Crippen LogP contribution in [-0.2, 0) is 4.79 Å². The molecule has 0 radical (unpaired) electrons. The van der Waals surface area contributed by atoms with Crippen LogP contribution in [0, 0.1) is 5.41 Å². The number of carbonyl (C=O) groups excluding carboxylic acids is 1. The summed E-state index contributed by atoms with van der Waals surface area (Å²) in [5.74, 6) is 0.875. The molecule has 0 saturated heterocycles. The number of carbonyl (C=O) groups is 1. The predicted molar refractivity (Wildman–Crippen MR) is 61.7 cm³/mol. The van der Waals surface area contributed by atoms with Gasteiger partial charge in [0.05, 0.1) is 0 Å². The van der Waals surface area contributed by atoms with Gasteiger partial charge in [-0.25, -0.2) is 0 Å². The molecule has 0 atom stereocenters. The first-order chi connectivity index (χ1) is 6.54. The highest BCUT2D eigenvalue weighted by molar-refractivity contribution is 6.17. The Hall–Kier alpha value is -0.240. The summed E-state index contributed by atoms with van der Waals surface area (Å²) < 4.78 is 0. The van der Waals surface area contributed by atoms with Crippen LogP contribution in [-0.4, -0.2) is 18.3 Å². The molecule has 0 saturated carbocycles. The van der Waals surface area contributed by atoms with E-state index in [1.807, 2.05) is 20.8 Å². The largest absolute Gasteiger partial charge is 0.356 e. The maximum atomic E-state index is 11.6. The van der Waals surface area contributed by atoms with Gasteiger partial charge in [0.1, 0.15) is 0 Å². The number of hydrogen-bond acceptors (Lipinski definition) is 1. The normalized spacial score (nSPS) is 11.4. The van der Waals surface area contributed by atoms with Crippen molar-refractivity contribution in [2.45, 2.75) is 46.5 Å². The van der Waals surface area contributed by atoms with Crippen LogP contribution in [0.5, 0.6) is 0 Å². The molecule has 2 nitrogen and oxygen atoms in total. The highest BCUT2D eigenvalue weighted by Gasteiger charge is 2.24. The maximum absolute atomic E-state index is 11.6. The Bertz CT molecular complexity index is 169. The van der Waals surface area contributed by atoms with Crippen molar-refractivity contribution in [1.29, 1.82) is 0 Å². The van der Waals surface area contributed by atoms with Gasteiger partial charge in [0.15, 0.2) is 0 Å². The molecule has 1 amide bonds. The summed E-state index contributed by atoms with van der Waals surface area (Å²) in [6.45, 7) is 6.76. The second kappa shape index (κ2) is 7.10. The van der Waals surface area contributed by atoms with E-state index in [1.165, 1.54) is 0 Å². The Balaban J connectivity index is 3.54. The number of halogens is 1. The van der Waals surface area contributed by atoms with E-state index in [9.17, 15) is 4.79 Å². The minimum atomic E-state index is -0.230. The zero-order valence-electron chi connectivity index (χ0n) is 9.53. The molecule has 0 aromatic rings. The number of alkyl halides is 1. The highest BCUT2D eigenvalue weighted by Crippen LogP contribution is 2.19. The molecule has 0 unspecified atom stereocenters. The second-order valence-corrected chi connectivity index (χ2v) is 4.62. The fourth-order valence-corrected chi connectivity index (χ4v) is 1.19. The molecule has 0 aromatic heterocycles. The quantitative estimate of drug-likeness (QED) is 0.518. The molecule has 0 fully saturated rings. The van der Waals surface area contributed by atoms with Crippen LogP contribution in [0.3, 0.4) is 0 Å². The van der Waals surface area contributed by atoms with Crippen molar-refractivity contribution in [1.82, 2.24) is 5.32 Å². The van der Waals surface area contributed by atoms with Crippen LogP contribution in [0.25, 0.3) is 0 Å². The van der Waals surface area contributed by atoms with E-state index < -0.39 is 0 Å². The highest BCUT2D eigenvalue weighted by atomic mass is 35.5. The maximum Gasteiger partial charge on any atom is 0.225 e. The zero-order chi connectivity index (χ0) is 11.0. The van der Waals surface area contributed by atoms with Crippen molar-refractivity contribution in [2.24, 2.45) is 5.41 Å². The molecule has 0 aliphatic heterocycles. The van der Waals surface area contributed by atoms with Gasteiger partial charge in [-0.2, -0.15) is 0 Å². The predicted octanol–water partition coefficient (Wildman–Crippen LogP) is 2.95. The molecule has 0 heterocycles. The van der Waals surface area contributed by atoms with Gasteiger partial charge in [-0.3, -0.25) is 4.79 Å². The Morgan fingerprint density at radius 3 is 2.43 bits per heavy atom. The number of rotatable bonds is 7. The third-order valence-corrected chi connectivity index (χ3v) is 2.86. The second-order valence-electron chi connectivity index (χ2n) is 4.24. The lowest BCUT2D eigenvalue weighted by Gasteiger charge is -2.21. The first kappa shape index (κ1) is 13.8. The fraction of sp³-hybridized carbons (Fsp3) is 0.909. The molecule has 0 aliphatic rings. The van der Waals surface area contributed by atoms with Crippen LogP contribution < -0.4 is 5.32 Å². The monoisotopic (exact) mass is 219 g/mol. The third-order valence-electron chi connectivity index (χ3n) is 2.59. The summed E-state index contributed by atoms with van der Waals surface area (Å²) in [4.78, 5) is 11.6. The van der Waals surface area contributed by atoms with E-state index in [0.29, 0.717) is 5.88 Å². The molecule has 0 spiro atoms. The van der Waals surface area contributed by atoms with E-state index in [-0.39, 0.29) is 11.3 Å². The van der Waals surface area contributed by atoms with Gasteiger partial charge >= 0.3 is 0 Å². The summed E-state index contributed by atoms with van der Waals surface area (Å²) in [7, 11) is 0. The van der Waals surface area contributed by atoms with Crippen LogP contribution in [0.1, 0.15) is 46.5 Å². The smallest absolute Gasteiger partial charge is 0.225 e. The summed E-state index contributed by atoms with van der Waals surface area (Å²) >= 11 is 5.55. The summed E-state index contributed by atoms with van der Waals surface area (Å²) in [6, 6.07) is 0. The molecule has 0 bridgehead atoms. The number of amides is 1. The SMILES string of the molecule is CCC(C)(C)C(=O)NCCCCCCl. The summed E-state index contributed by atoms with van der Waals surface area (Å²) in [5.41, 5.74) is -0.230. The van der Waals surface area contributed by atoms with E-state index in [1.54, 1.807) is 0 Å². The minimum absolute atomic E-state index is 0.158. The van der Waals surface area contributed by atoms with Gasteiger partial charge in [0, 0.05) is 17.8 Å². The van der Waals surface area contributed by atoms with Gasteiger partial charge in [-0.05, 0) is 19.3 Å². The third kappa shape index (κ3) is 5.48. The Morgan fingerprint density at radius 2 is 1.93 bits per heavy atom. The molecular weight excluding hydrogens is 198 g/mol. The summed E-state index contributed by atoms with van der Waals surface area (Å²) in [6.07, 6.45) is 4.03. The van der Waals surface area contributed by atoms with Gasteiger partial charge in [-0.15, -0.1) is 11.6 Å². The lowest BCUT2D eigenvalue weighted by atomic mass is 9.89. The van der Waals surface area contributed by atoms with Crippen LogP contribution >= 0.6 is 11.6 Å². The first-order valence-corrected chi connectivity index (χ1v) is 5.92. The minimum Gasteiger partial charge on any atom is -0.356 e. The van der Waals surface area contributed by atoms with E-state index >= 15 is 0 Å². The van der Waals surface area contributed by atoms with Crippen molar-refractivity contribution in [3.63, 3.8) is 0 Å². The number of nitrogens with one attached hydrogen (secondary N) is 1. The van der Waals surface area contributed by atoms with Crippen molar-refractivity contribution >= 4 is 17.5 Å². The van der Waals surface area contributed by atoms with Crippen molar-refractivity contribution < 1.29 is 4.79 Å². The lowest BCUT2D eigenvalue weighted by molar-refractivity contribution is -0.129. The standard InChI is InChI=1S/C11H22ClNO/c1-4-11(2,3)10(14)13-9-7-5-6-8-12/h4-9H2,1-3H3,(H,13,14). The summed E-state index contributed by atoms with van der Waals surface area (Å²) in [5, 5.41) is 2.95. The van der Waals surface area contributed by atoms with Crippen LogP contribution in [0.4, 0.5) is 0 Å².